The Morgan fingerprint density at radius 2 is 1.72 bits per heavy atom. The molecule has 5 rings (SSSR count). The lowest BCUT2D eigenvalue weighted by molar-refractivity contribution is 0.0660. The summed E-state index contributed by atoms with van der Waals surface area (Å²) in [5, 5.41) is 0. The average Bonchev–Trinajstić information content (AvgIpc) is 3.06. The Labute approximate surface area is 171 Å². The molecule has 0 aromatic heterocycles. The molecule has 4 N–H and O–H groups in total. The summed E-state index contributed by atoms with van der Waals surface area (Å²) in [6, 6.07) is 6.32. The van der Waals surface area contributed by atoms with E-state index in [-0.39, 0.29) is 11.9 Å². The zero-order valence-electron chi connectivity index (χ0n) is 16.9. The van der Waals surface area contributed by atoms with E-state index >= 15 is 0 Å². The smallest absolute Gasteiger partial charge is 0.254 e. The topological polar surface area (TPSA) is 100 Å². The summed E-state index contributed by atoms with van der Waals surface area (Å²) in [6.07, 6.45) is 11.1. The summed E-state index contributed by atoms with van der Waals surface area (Å²) in [7, 11) is 0. The number of carbonyl (C=O) groups is 1. The molecule has 4 aliphatic rings. The van der Waals surface area contributed by atoms with Crippen molar-refractivity contribution >= 4 is 23.5 Å². The molecule has 2 fully saturated rings. The Morgan fingerprint density at radius 3 is 2.48 bits per heavy atom. The minimum Gasteiger partial charge on any atom is -0.369 e. The van der Waals surface area contributed by atoms with Crippen molar-refractivity contribution in [2.75, 3.05) is 4.90 Å². The second-order valence-electron chi connectivity index (χ2n) is 8.85. The van der Waals surface area contributed by atoms with E-state index in [0.29, 0.717) is 18.5 Å². The number of fused-ring (bicyclic) bond motifs is 1. The van der Waals surface area contributed by atoms with Crippen LogP contribution in [0.2, 0.25) is 0 Å². The van der Waals surface area contributed by atoms with E-state index < -0.39 is 5.66 Å². The molecule has 1 aromatic carbocycles. The van der Waals surface area contributed by atoms with Crippen LogP contribution in [-0.4, -0.2) is 34.4 Å². The van der Waals surface area contributed by atoms with Crippen LogP contribution in [0.1, 0.15) is 80.1 Å². The highest BCUT2D eigenvalue weighted by Gasteiger charge is 2.45. The summed E-state index contributed by atoms with van der Waals surface area (Å²) >= 11 is 0. The van der Waals surface area contributed by atoms with Gasteiger partial charge in [-0.05, 0) is 50.7 Å². The van der Waals surface area contributed by atoms with Crippen LogP contribution in [0.3, 0.4) is 0 Å². The fourth-order valence-corrected chi connectivity index (χ4v) is 5.71. The van der Waals surface area contributed by atoms with Crippen molar-refractivity contribution in [1.29, 1.82) is 0 Å². The summed E-state index contributed by atoms with van der Waals surface area (Å²) in [4.78, 5) is 26.5. The Balaban J connectivity index is 1.55. The summed E-state index contributed by atoms with van der Waals surface area (Å²) in [5.41, 5.74) is 14.8. The predicted octanol–water partition coefficient (Wildman–Crippen LogP) is 3.08. The zero-order valence-corrected chi connectivity index (χ0v) is 16.9. The lowest BCUT2D eigenvalue weighted by Crippen LogP contribution is -2.58. The number of benzene rings is 1. The van der Waals surface area contributed by atoms with Gasteiger partial charge in [0.1, 0.15) is 5.66 Å². The van der Waals surface area contributed by atoms with E-state index in [1.807, 2.05) is 12.1 Å². The fourth-order valence-electron chi connectivity index (χ4n) is 5.71. The molecule has 0 radical (unpaired) electrons. The van der Waals surface area contributed by atoms with Gasteiger partial charge in [0.2, 0.25) is 11.9 Å². The van der Waals surface area contributed by atoms with Crippen LogP contribution < -0.4 is 16.4 Å². The molecule has 2 aliphatic heterocycles. The van der Waals surface area contributed by atoms with Gasteiger partial charge in [-0.15, -0.1) is 0 Å². The number of guanidine groups is 2. The molecule has 7 nitrogen and oxygen atoms in total. The van der Waals surface area contributed by atoms with Crippen LogP contribution >= 0.6 is 0 Å². The third-order valence-electron chi connectivity index (χ3n) is 7.08. The minimum atomic E-state index is -0.482. The maximum absolute atomic E-state index is 13.2. The van der Waals surface area contributed by atoms with Gasteiger partial charge in [0, 0.05) is 23.7 Å². The molecule has 2 saturated carbocycles. The molecule has 1 amide bonds. The number of nitrogens with two attached hydrogens (primary N) is 2. The third-order valence-corrected chi connectivity index (χ3v) is 7.08. The molecular weight excluding hydrogens is 364 g/mol. The molecule has 0 saturated heterocycles. The molecule has 154 valence electrons. The Kier molecular flexibility index (Phi) is 4.48. The normalized spacial score (nSPS) is 24.5. The monoisotopic (exact) mass is 394 g/mol. The van der Waals surface area contributed by atoms with Gasteiger partial charge in [-0.25, -0.2) is 4.99 Å². The molecular formula is C22H30N6O. The van der Waals surface area contributed by atoms with E-state index in [0.717, 1.165) is 55.3 Å². The maximum Gasteiger partial charge on any atom is 0.254 e. The number of aliphatic imine (C=N–C) groups is 2. The maximum atomic E-state index is 13.2. The standard InChI is InChI=1S/C22H30N6O/c23-20-25-21(24)28(22(26-20)12-5-2-6-13-22)18-11-7-10-16-17(18)14-27(19(16)29)15-8-3-1-4-9-15/h7,10-11,15H,1-6,8-9,12-14H2,(H4,23,24,25,26). The summed E-state index contributed by atoms with van der Waals surface area (Å²) in [6.45, 7) is 0.647. The highest BCUT2D eigenvalue weighted by molar-refractivity contribution is 6.08. The Hall–Kier alpha value is -2.57. The van der Waals surface area contributed by atoms with Crippen LogP contribution in [0.4, 0.5) is 5.69 Å². The second kappa shape index (κ2) is 7.04. The van der Waals surface area contributed by atoms with Gasteiger partial charge in [0.25, 0.3) is 5.91 Å². The van der Waals surface area contributed by atoms with Crippen LogP contribution in [-0.2, 0) is 6.54 Å². The van der Waals surface area contributed by atoms with E-state index in [1.54, 1.807) is 0 Å². The van der Waals surface area contributed by atoms with E-state index in [4.69, 9.17) is 16.5 Å². The van der Waals surface area contributed by atoms with Gasteiger partial charge in [-0.2, -0.15) is 4.99 Å². The fraction of sp³-hybridized carbons (Fsp3) is 0.591. The quantitative estimate of drug-likeness (QED) is 0.805. The van der Waals surface area contributed by atoms with Crippen molar-refractivity contribution in [2.24, 2.45) is 21.5 Å². The van der Waals surface area contributed by atoms with Crippen molar-refractivity contribution in [3.05, 3.63) is 29.3 Å². The van der Waals surface area contributed by atoms with E-state index in [2.05, 4.69) is 20.9 Å². The molecule has 2 aliphatic carbocycles. The van der Waals surface area contributed by atoms with Crippen LogP contribution in [0, 0.1) is 0 Å². The van der Waals surface area contributed by atoms with Crippen molar-refractivity contribution in [1.82, 2.24) is 4.90 Å². The van der Waals surface area contributed by atoms with Gasteiger partial charge in [0.15, 0.2) is 0 Å². The summed E-state index contributed by atoms with van der Waals surface area (Å²) in [5.74, 6) is 0.798. The predicted molar refractivity (Wildman–Crippen MR) is 115 cm³/mol. The van der Waals surface area contributed by atoms with Crippen molar-refractivity contribution in [3.63, 3.8) is 0 Å². The lowest BCUT2D eigenvalue weighted by Gasteiger charge is -2.46. The number of anilines is 1. The first-order valence-corrected chi connectivity index (χ1v) is 11.0. The van der Waals surface area contributed by atoms with Crippen molar-refractivity contribution < 1.29 is 4.79 Å². The molecule has 2 heterocycles. The number of nitrogens with zero attached hydrogens (tertiary/aromatic N) is 4. The van der Waals surface area contributed by atoms with Gasteiger partial charge in [0.05, 0.1) is 5.69 Å². The van der Waals surface area contributed by atoms with Gasteiger partial charge in [-0.3, -0.25) is 9.69 Å². The Bertz CT molecular complexity index is 879. The first-order valence-electron chi connectivity index (χ1n) is 11.0. The van der Waals surface area contributed by atoms with Crippen LogP contribution in [0.15, 0.2) is 28.2 Å². The molecule has 7 heteroatoms. The van der Waals surface area contributed by atoms with Crippen LogP contribution in [0.5, 0.6) is 0 Å². The number of rotatable bonds is 2. The molecule has 1 spiro atoms. The molecule has 0 atom stereocenters. The lowest BCUT2D eigenvalue weighted by atomic mass is 9.86. The first-order chi connectivity index (χ1) is 14.1. The number of hydrogen-bond donors (Lipinski definition) is 2. The number of amides is 1. The first kappa shape index (κ1) is 18.5. The van der Waals surface area contributed by atoms with Gasteiger partial charge >= 0.3 is 0 Å². The van der Waals surface area contributed by atoms with Gasteiger partial charge in [-0.1, -0.05) is 31.7 Å². The van der Waals surface area contributed by atoms with Gasteiger partial charge < -0.3 is 16.4 Å². The third kappa shape index (κ3) is 2.98. The average molecular weight is 395 g/mol. The van der Waals surface area contributed by atoms with Crippen molar-refractivity contribution in [2.45, 2.75) is 82.5 Å². The molecule has 0 bridgehead atoms. The Morgan fingerprint density at radius 1 is 1.00 bits per heavy atom. The largest absolute Gasteiger partial charge is 0.369 e. The molecule has 0 unspecified atom stereocenters. The minimum absolute atomic E-state index is 0.155. The van der Waals surface area contributed by atoms with E-state index in [1.165, 1.54) is 25.7 Å². The summed E-state index contributed by atoms with van der Waals surface area (Å²) < 4.78 is 0. The second-order valence-corrected chi connectivity index (χ2v) is 8.85. The number of carbonyl (C=O) groups excluding carboxylic acids is 1. The molecule has 1 aromatic rings. The van der Waals surface area contributed by atoms with E-state index in [9.17, 15) is 4.79 Å². The van der Waals surface area contributed by atoms with Crippen LogP contribution in [0.25, 0.3) is 0 Å². The highest BCUT2D eigenvalue weighted by atomic mass is 16.2. The van der Waals surface area contributed by atoms with Crippen molar-refractivity contribution in [3.8, 4) is 0 Å². The molecule has 29 heavy (non-hydrogen) atoms. The highest BCUT2D eigenvalue weighted by Crippen LogP contribution is 2.43. The SMILES string of the molecule is NC1=NC2(CCCCC2)N(c2cccc3c2CN(C2CCCCC2)C3=O)C(N)=N1. The zero-order chi connectivity index (χ0) is 20.0. The number of hydrogen-bond acceptors (Lipinski definition) is 6.